The van der Waals surface area contributed by atoms with Gasteiger partial charge in [-0.3, -0.25) is 9.98 Å². The fourth-order valence-corrected chi connectivity index (χ4v) is 2.28. The highest BCUT2D eigenvalue weighted by Crippen LogP contribution is 2.13. The second-order valence-electron chi connectivity index (χ2n) is 5.60. The molecule has 0 saturated carbocycles. The molecule has 2 aromatic rings. The molecule has 4 nitrogen and oxygen atoms in total. The number of phenolic OH excluding ortho intramolecular Hbond substituents is 2. The number of hydrogen-bond donors (Lipinski definition) is 2. The third-order valence-electron chi connectivity index (χ3n) is 3.66. The van der Waals surface area contributed by atoms with Crippen LogP contribution in [-0.2, 0) is 0 Å². The van der Waals surface area contributed by atoms with E-state index in [9.17, 15) is 10.2 Å². The maximum atomic E-state index is 9.61. The zero-order chi connectivity index (χ0) is 17.0. The van der Waals surface area contributed by atoms with E-state index < -0.39 is 0 Å². The molecule has 0 unspecified atom stereocenters. The Balaban J connectivity index is 0.00000312. The molecule has 0 saturated heterocycles. The van der Waals surface area contributed by atoms with Gasteiger partial charge in [-0.2, -0.15) is 0 Å². The number of phenols is 2. The van der Waals surface area contributed by atoms with E-state index in [1.165, 1.54) is 0 Å². The average molecular weight is 340 g/mol. The molecular formula is C21H28N2O2. The monoisotopic (exact) mass is 340 g/mol. The first-order valence-electron chi connectivity index (χ1n) is 8.33. The van der Waals surface area contributed by atoms with Crippen LogP contribution in [0.5, 0.6) is 11.5 Å². The molecule has 4 heteroatoms. The number of para-hydroxylation sites is 2. The van der Waals surface area contributed by atoms with Gasteiger partial charge < -0.3 is 10.2 Å². The lowest BCUT2D eigenvalue weighted by molar-refractivity contribution is 0.474. The Labute approximate surface area is 150 Å². The van der Waals surface area contributed by atoms with Crippen molar-refractivity contribution >= 4 is 12.4 Å². The van der Waals surface area contributed by atoms with Crippen LogP contribution in [0.4, 0.5) is 0 Å². The molecule has 2 N–H and O–H groups in total. The van der Waals surface area contributed by atoms with Gasteiger partial charge in [0, 0.05) is 36.6 Å². The van der Waals surface area contributed by atoms with Gasteiger partial charge in [-0.25, -0.2) is 0 Å². The Morgan fingerprint density at radius 1 is 0.640 bits per heavy atom. The zero-order valence-electron chi connectivity index (χ0n) is 13.8. The minimum absolute atomic E-state index is 0. The third kappa shape index (κ3) is 7.66. The van der Waals surface area contributed by atoms with Crippen LogP contribution in [-0.4, -0.2) is 35.7 Å². The van der Waals surface area contributed by atoms with Crippen LogP contribution in [0.2, 0.25) is 0 Å². The maximum absolute atomic E-state index is 9.61. The second-order valence-corrected chi connectivity index (χ2v) is 5.60. The van der Waals surface area contributed by atoms with E-state index in [2.05, 4.69) is 9.98 Å². The van der Waals surface area contributed by atoms with E-state index in [0.717, 1.165) is 49.9 Å². The quantitative estimate of drug-likeness (QED) is 0.507. The number of nitrogens with zero attached hydrogens (tertiary/aromatic N) is 2. The molecule has 2 rings (SSSR count). The fraction of sp³-hybridized carbons (Fsp3) is 0.333. The van der Waals surface area contributed by atoms with Crippen molar-refractivity contribution in [3.05, 3.63) is 59.7 Å². The Kier molecular flexibility index (Phi) is 9.68. The SMILES string of the molecule is C.Oc1ccccc1C=NCCCCCCN=Cc1ccccc1O. The predicted molar refractivity (Wildman–Crippen MR) is 106 cm³/mol. The van der Waals surface area contributed by atoms with Crippen molar-refractivity contribution in [3.8, 4) is 11.5 Å². The number of unbranched alkanes of at least 4 members (excludes halogenated alkanes) is 3. The van der Waals surface area contributed by atoms with Crippen LogP contribution in [0.25, 0.3) is 0 Å². The van der Waals surface area contributed by atoms with Gasteiger partial charge in [-0.15, -0.1) is 0 Å². The summed E-state index contributed by atoms with van der Waals surface area (Å²) in [7, 11) is 0. The topological polar surface area (TPSA) is 65.2 Å². The molecule has 0 amide bonds. The van der Waals surface area contributed by atoms with Crippen LogP contribution < -0.4 is 0 Å². The van der Waals surface area contributed by atoms with Gasteiger partial charge in [0.05, 0.1) is 0 Å². The molecule has 0 heterocycles. The molecule has 134 valence electrons. The Morgan fingerprint density at radius 2 is 1.04 bits per heavy atom. The Morgan fingerprint density at radius 3 is 1.44 bits per heavy atom. The summed E-state index contributed by atoms with van der Waals surface area (Å²) in [5.74, 6) is 0.534. The van der Waals surface area contributed by atoms with Crippen molar-refractivity contribution in [1.29, 1.82) is 0 Å². The molecule has 0 atom stereocenters. The van der Waals surface area contributed by atoms with Gasteiger partial charge in [-0.1, -0.05) is 44.5 Å². The molecule has 0 bridgehead atoms. The lowest BCUT2D eigenvalue weighted by Crippen LogP contribution is -1.89. The predicted octanol–water partition coefficient (Wildman–Crippen LogP) is 4.83. The van der Waals surface area contributed by atoms with E-state index in [0.29, 0.717) is 0 Å². The van der Waals surface area contributed by atoms with Crippen molar-refractivity contribution in [2.75, 3.05) is 13.1 Å². The number of hydrogen-bond acceptors (Lipinski definition) is 4. The number of aliphatic imine (C=N–C) groups is 2. The van der Waals surface area contributed by atoms with E-state index in [1.54, 1.807) is 36.7 Å². The summed E-state index contributed by atoms with van der Waals surface area (Å²) < 4.78 is 0. The third-order valence-corrected chi connectivity index (χ3v) is 3.66. The summed E-state index contributed by atoms with van der Waals surface area (Å²) in [5, 5.41) is 19.2. The Bertz CT molecular complexity index is 622. The average Bonchev–Trinajstić information content (AvgIpc) is 2.59. The number of benzene rings is 2. The summed E-state index contributed by atoms with van der Waals surface area (Å²) in [6, 6.07) is 14.4. The summed E-state index contributed by atoms with van der Waals surface area (Å²) in [6.45, 7) is 1.55. The van der Waals surface area contributed by atoms with Crippen molar-refractivity contribution in [2.45, 2.75) is 33.1 Å². The molecule has 0 aliphatic heterocycles. The van der Waals surface area contributed by atoms with E-state index in [1.807, 2.05) is 24.3 Å². The normalized spacial score (nSPS) is 11.0. The molecule has 2 aromatic carbocycles. The lowest BCUT2D eigenvalue weighted by Gasteiger charge is -1.99. The molecular weight excluding hydrogens is 312 g/mol. The van der Waals surface area contributed by atoms with Crippen LogP contribution in [0.15, 0.2) is 58.5 Å². The first-order chi connectivity index (χ1) is 11.8. The summed E-state index contributed by atoms with van der Waals surface area (Å²) in [6.07, 6.45) is 7.76. The van der Waals surface area contributed by atoms with Gasteiger partial charge in [-0.05, 0) is 37.1 Å². The summed E-state index contributed by atoms with van der Waals surface area (Å²) >= 11 is 0. The fourth-order valence-electron chi connectivity index (χ4n) is 2.28. The first kappa shape index (κ1) is 20.4. The van der Waals surface area contributed by atoms with Crippen molar-refractivity contribution < 1.29 is 10.2 Å². The smallest absolute Gasteiger partial charge is 0.124 e. The van der Waals surface area contributed by atoms with Gasteiger partial charge >= 0.3 is 0 Å². The van der Waals surface area contributed by atoms with E-state index in [4.69, 9.17) is 0 Å². The summed E-state index contributed by atoms with van der Waals surface area (Å²) in [5.41, 5.74) is 1.52. The van der Waals surface area contributed by atoms with Crippen molar-refractivity contribution in [3.63, 3.8) is 0 Å². The van der Waals surface area contributed by atoms with Gasteiger partial charge in [0.1, 0.15) is 11.5 Å². The van der Waals surface area contributed by atoms with Crippen LogP contribution in [0.1, 0.15) is 44.2 Å². The number of aromatic hydroxyl groups is 2. The van der Waals surface area contributed by atoms with Gasteiger partial charge in [0.15, 0.2) is 0 Å². The van der Waals surface area contributed by atoms with Crippen LogP contribution >= 0.6 is 0 Å². The molecule has 0 aliphatic rings. The standard InChI is InChI=1S/C20H24N2O2.CH4/c23-19-11-5-3-9-17(19)15-21-13-7-1-2-8-14-22-16-18-10-4-6-12-20(18)24;/h3-6,9-12,15-16,23-24H,1-2,7-8,13-14H2;1H4. The minimum Gasteiger partial charge on any atom is -0.507 e. The minimum atomic E-state index is 0. The van der Waals surface area contributed by atoms with Crippen molar-refractivity contribution in [2.24, 2.45) is 9.98 Å². The zero-order valence-corrected chi connectivity index (χ0v) is 13.8. The summed E-state index contributed by atoms with van der Waals surface area (Å²) in [4.78, 5) is 8.69. The Hall–Kier alpha value is -2.62. The second kappa shape index (κ2) is 11.8. The molecule has 0 aliphatic carbocycles. The van der Waals surface area contributed by atoms with E-state index >= 15 is 0 Å². The largest absolute Gasteiger partial charge is 0.507 e. The number of rotatable bonds is 9. The maximum Gasteiger partial charge on any atom is 0.124 e. The molecule has 25 heavy (non-hydrogen) atoms. The van der Waals surface area contributed by atoms with Crippen LogP contribution in [0, 0.1) is 0 Å². The van der Waals surface area contributed by atoms with Gasteiger partial charge in [0.2, 0.25) is 0 Å². The highest BCUT2D eigenvalue weighted by molar-refractivity contribution is 5.83. The molecule has 0 radical (unpaired) electrons. The first-order valence-corrected chi connectivity index (χ1v) is 8.33. The molecule has 0 spiro atoms. The lowest BCUT2D eigenvalue weighted by atomic mass is 10.2. The molecule has 0 fully saturated rings. The van der Waals surface area contributed by atoms with Crippen molar-refractivity contribution in [1.82, 2.24) is 0 Å². The highest BCUT2D eigenvalue weighted by atomic mass is 16.3. The highest BCUT2D eigenvalue weighted by Gasteiger charge is 1.95. The molecule has 0 aromatic heterocycles. The van der Waals surface area contributed by atoms with E-state index in [-0.39, 0.29) is 18.9 Å². The van der Waals surface area contributed by atoms with Crippen LogP contribution in [0.3, 0.4) is 0 Å². The van der Waals surface area contributed by atoms with Gasteiger partial charge in [0.25, 0.3) is 0 Å².